The summed E-state index contributed by atoms with van der Waals surface area (Å²) >= 11 is 0. The van der Waals surface area contributed by atoms with Crippen molar-refractivity contribution in [2.75, 3.05) is 0 Å². The lowest BCUT2D eigenvalue weighted by Crippen LogP contribution is -1.79. The topological polar surface area (TPSA) is 13.1 Å². The van der Waals surface area contributed by atoms with E-state index >= 15 is 0 Å². The Hall–Kier alpha value is -2.61. The van der Waals surface area contributed by atoms with Crippen LogP contribution >= 0.6 is 0 Å². The van der Waals surface area contributed by atoms with Gasteiger partial charge in [0, 0.05) is 10.8 Å². The van der Waals surface area contributed by atoms with Gasteiger partial charge < -0.3 is 4.42 Å². The van der Waals surface area contributed by atoms with Gasteiger partial charge in [-0.2, -0.15) is 0 Å². The Morgan fingerprint density at radius 1 is 0.750 bits per heavy atom. The summed E-state index contributed by atoms with van der Waals surface area (Å²) in [5.41, 5.74) is 3.20. The molecule has 4 aromatic rings. The molecule has 0 fully saturated rings. The number of para-hydroxylation sites is 1. The minimum Gasteiger partial charge on any atom is -0.453 e. The Bertz CT molecular complexity index is 907. The second-order valence-corrected chi connectivity index (χ2v) is 4.76. The first kappa shape index (κ1) is 11.2. The molecular weight excluding hydrogens is 251 g/mol. The predicted molar refractivity (Wildman–Crippen MR) is 79.1 cm³/mol. The van der Waals surface area contributed by atoms with Crippen LogP contribution in [0.1, 0.15) is 0 Å². The van der Waals surface area contributed by atoms with Gasteiger partial charge in [0.15, 0.2) is 11.4 Å². The van der Waals surface area contributed by atoms with E-state index in [9.17, 15) is 4.39 Å². The number of hydrogen-bond donors (Lipinski definition) is 0. The largest absolute Gasteiger partial charge is 0.453 e. The highest BCUT2D eigenvalue weighted by atomic mass is 19.1. The van der Waals surface area contributed by atoms with Crippen molar-refractivity contribution in [3.63, 3.8) is 0 Å². The summed E-state index contributed by atoms with van der Waals surface area (Å²) in [4.78, 5) is 0. The zero-order valence-electron chi connectivity index (χ0n) is 10.6. The van der Waals surface area contributed by atoms with Crippen molar-refractivity contribution in [1.29, 1.82) is 0 Å². The fraction of sp³-hybridized carbons (Fsp3) is 0. The van der Waals surface area contributed by atoms with Crippen molar-refractivity contribution in [3.8, 4) is 11.1 Å². The number of rotatable bonds is 1. The molecule has 1 nitrogen and oxygen atoms in total. The maximum atomic E-state index is 13.9. The average Bonchev–Trinajstić information content (AvgIpc) is 2.88. The van der Waals surface area contributed by atoms with Crippen molar-refractivity contribution < 1.29 is 8.81 Å². The number of hydrogen-bond acceptors (Lipinski definition) is 1. The minimum atomic E-state index is -0.322. The number of benzene rings is 3. The lowest BCUT2D eigenvalue weighted by molar-refractivity contribution is 0.584. The molecule has 0 atom stereocenters. The first-order chi connectivity index (χ1) is 9.84. The predicted octanol–water partition coefficient (Wildman–Crippen LogP) is 5.39. The van der Waals surface area contributed by atoms with Gasteiger partial charge in [-0.3, -0.25) is 0 Å². The molecule has 4 rings (SSSR count). The Balaban J connectivity index is 2.17. The average molecular weight is 262 g/mol. The fourth-order valence-corrected chi connectivity index (χ4v) is 2.67. The molecule has 1 aromatic heterocycles. The van der Waals surface area contributed by atoms with E-state index in [2.05, 4.69) is 0 Å². The van der Waals surface area contributed by atoms with E-state index in [1.807, 2.05) is 54.6 Å². The summed E-state index contributed by atoms with van der Waals surface area (Å²) in [5.74, 6) is -0.322. The molecule has 20 heavy (non-hydrogen) atoms. The van der Waals surface area contributed by atoms with Crippen LogP contribution in [0.15, 0.2) is 71.1 Å². The molecule has 0 saturated carbocycles. The molecule has 0 spiro atoms. The molecule has 0 aliphatic rings. The van der Waals surface area contributed by atoms with Crippen LogP contribution in [0.5, 0.6) is 0 Å². The highest BCUT2D eigenvalue weighted by Gasteiger charge is 2.14. The smallest absolute Gasteiger partial charge is 0.171 e. The molecule has 0 aliphatic heterocycles. The quantitative estimate of drug-likeness (QED) is 0.448. The maximum Gasteiger partial charge on any atom is 0.171 e. The van der Waals surface area contributed by atoms with Gasteiger partial charge in [-0.1, -0.05) is 54.6 Å². The number of halogens is 1. The van der Waals surface area contributed by atoms with Gasteiger partial charge >= 0.3 is 0 Å². The third kappa shape index (κ3) is 1.55. The van der Waals surface area contributed by atoms with Crippen LogP contribution in [-0.4, -0.2) is 0 Å². The third-order valence-corrected chi connectivity index (χ3v) is 3.56. The number of furan rings is 1. The van der Waals surface area contributed by atoms with Crippen LogP contribution in [-0.2, 0) is 0 Å². The van der Waals surface area contributed by atoms with Gasteiger partial charge in [-0.25, -0.2) is 4.39 Å². The van der Waals surface area contributed by atoms with Crippen LogP contribution in [0, 0.1) is 5.82 Å². The van der Waals surface area contributed by atoms with E-state index < -0.39 is 0 Å². The minimum absolute atomic E-state index is 0.322. The summed E-state index contributed by atoms with van der Waals surface area (Å²) in [6.45, 7) is 0. The molecule has 1 heterocycles. The summed E-state index contributed by atoms with van der Waals surface area (Å²) < 4.78 is 19.5. The highest BCUT2D eigenvalue weighted by Crippen LogP contribution is 2.37. The summed E-state index contributed by atoms with van der Waals surface area (Å²) in [7, 11) is 0. The van der Waals surface area contributed by atoms with Gasteiger partial charge in [0.25, 0.3) is 0 Å². The van der Waals surface area contributed by atoms with Crippen molar-refractivity contribution in [2.24, 2.45) is 0 Å². The van der Waals surface area contributed by atoms with Crippen molar-refractivity contribution in [1.82, 2.24) is 0 Å². The molecule has 0 saturated heterocycles. The standard InChI is InChI=1S/C18H11FO/c19-15-10-4-9-14-17-13(12-6-2-1-3-7-12)8-5-11-16(17)20-18(14)15/h1-11H. The number of fused-ring (bicyclic) bond motifs is 3. The zero-order valence-corrected chi connectivity index (χ0v) is 10.6. The molecule has 0 radical (unpaired) electrons. The third-order valence-electron chi connectivity index (χ3n) is 3.56. The van der Waals surface area contributed by atoms with Gasteiger partial charge in [0.2, 0.25) is 0 Å². The van der Waals surface area contributed by atoms with E-state index in [4.69, 9.17) is 4.42 Å². The molecule has 0 bridgehead atoms. The molecule has 3 aromatic carbocycles. The van der Waals surface area contributed by atoms with Crippen molar-refractivity contribution >= 4 is 21.9 Å². The summed E-state index contributed by atoms with van der Waals surface area (Å²) in [6, 6.07) is 21.0. The molecule has 2 heteroatoms. The van der Waals surface area contributed by atoms with Crippen molar-refractivity contribution in [3.05, 3.63) is 72.5 Å². The fourth-order valence-electron chi connectivity index (χ4n) is 2.67. The first-order valence-electron chi connectivity index (χ1n) is 6.50. The molecule has 0 amide bonds. The Kier molecular flexibility index (Phi) is 2.36. The SMILES string of the molecule is Fc1cccc2c1oc1cccc(-c3ccccc3)c12. The lowest BCUT2D eigenvalue weighted by Gasteiger charge is -2.03. The van der Waals surface area contributed by atoms with Crippen LogP contribution in [0.2, 0.25) is 0 Å². The summed E-state index contributed by atoms with van der Waals surface area (Å²) in [5, 5.41) is 1.78. The Morgan fingerprint density at radius 3 is 2.40 bits per heavy atom. The van der Waals surface area contributed by atoms with Crippen LogP contribution in [0.25, 0.3) is 33.1 Å². The van der Waals surface area contributed by atoms with Gasteiger partial charge in [0.05, 0.1) is 0 Å². The van der Waals surface area contributed by atoms with E-state index in [1.165, 1.54) is 6.07 Å². The zero-order chi connectivity index (χ0) is 13.5. The normalized spacial score (nSPS) is 11.2. The Morgan fingerprint density at radius 2 is 1.55 bits per heavy atom. The molecule has 96 valence electrons. The van der Waals surface area contributed by atoms with Gasteiger partial charge in [-0.15, -0.1) is 0 Å². The van der Waals surface area contributed by atoms with Gasteiger partial charge in [-0.05, 0) is 23.3 Å². The second kappa shape index (κ2) is 4.20. The lowest BCUT2D eigenvalue weighted by atomic mass is 9.99. The summed E-state index contributed by atoms with van der Waals surface area (Å²) in [6.07, 6.45) is 0. The second-order valence-electron chi connectivity index (χ2n) is 4.76. The molecule has 0 N–H and O–H groups in total. The molecule has 0 unspecified atom stereocenters. The van der Waals surface area contributed by atoms with E-state index in [-0.39, 0.29) is 5.82 Å². The molecule has 0 aliphatic carbocycles. The maximum absolute atomic E-state index is 13.9. The van der Waals surface area contributed by atoms with E-state index in [0.717, 1.165) is 21.9 Å². The van der Waals surface area contributed by atoms with E-state index in [1.54, 1.807) is 6.07 Å². The van der Waals surface area contributed by atoms with Crippen molar-refractivity contribution in [2.45, 2.75) is 0 Å². The van der Waals surface area contributed by atoms with Crippen LogP contribution in [0.4, 0.5) is 4.39 Å². The monoisotopic (exact) mass is 262 g/mol. The molecular formula is C18H11FO. The Labute approximate surface area is 115 Å². The van der Waals surface area contributed by atoms with Crippen LogP contribution in [0.3, 0.4) is 0 Å². The van der Waals surface area contributed by atoms with Crippen LogP contribution < -0.4 is 0 Å². The van der Waals surface area contributed by atoms with Gasteiger partial charge in [0.1, 0.15) is 5.58 Å². The first-order valence-corrected chi connectivity index (χ1v) is 6.50. The highest BCUT2D eigenvalue weighted by molar-refractivity contribution is 6.12. The van der Waals surface area contributed by atoms with E-state index in [0.29, 0.717) is 11.2 Å².